The zero-order chi connectivity index (χ0) is 12.1. The van der Waals surface area contributed by atoms with Crippen LogP contribution in [0.3, 0.4) is 0 Å². The molecule has 0 atom stereocenters. The fraction of sp³-hybridized carbons (Fsp3) is 0.154. The summed E-state index contributed by atoms with van der Waals surface area (Å²) in [4.78, 5) is 14.6. The zero-order valence-corrected chi connectivity index (χ0v) is 9.46. The van der Waals surface area contributed by atoms with Crippen LogP contribution in [0.1, 0.15) is 6.92 Å². The predicted octanol–water partition coefficient (Wildman–Crippen LogP) is 3.55. The molecule has 0 aliphatic carbocycles. The molecule has 4 heteroatoms. The first-order valence-electron chi connectivity index (χ1n) is 5.35. The predicted molar refractivity (Wildman–Crippen MR) is 66.3 cm³/mol. The lowest BCUT2D eigenvalue weighted by molar-refractivity contribution is 0.341. The average molecular weight is 228 g/mol. The Morgan fingerprint density at radius 2 is 1.94 bits per heavy atom. The molecule has 17 heavy (non-hydrogen) atoms. The van der Waals surface area contributed by atoms with Crippen molar-refractivity contribution in [1.29, 1.82) is 0 Å². The molecule has 1 aromatic carbocycles. The summed E-state index contributed by atoms with van der Waals surface area (Å²) in [6.07, 6.45) is 3.45. The van der Waals surface area contributed by atoms with Gasteiger partial charge in [0.15, 0.2) is 0 Å². The van der Waals surface area contributed by atoms with Crippen molar-refractivity contribution in [2.75, 3.05) is 6.61 Å². The fourth-order valence-corrected chi connectivity index (χ4v) is 1.58. The van der Waals surface area contributed by atoms with Gasteiger partial charge in [-0.05, 0) is 47.5 Å². The number of hydrogen-bond donors (Lipinski definition) is 0. The van der Waals surface area contributed by atoms with Crippen LogP contribution in [0.25, 0.3) is 11.1 Å². The summed E-state index contributed by atoms with van der Waals surface area (Å²) in [7, 11) is 0. The molecular weight excluding hydrogens is 216 g/mol. The molecule has 2 rings (SSSR count). The van der Waals surface area contributed by atoms with Gasteiger partial charge in [0.1, 0.15) is 11.4 Å². The number of benzene rings is 1. The van der Waals surface area contributed by atoms with Crippen LogP contribution in [-0.4, -0.2) is 11.6 Å². The van der Waals surface area contributed by atoms with E-state index in [0.29, 0.717) is 18.0 Å². The van der Waals surface area contributed by atoms with E-state index in [1.165, 1.54) is 0 Å². The van der Waals surface area contributed by atoms with E-state index in [9.17, 15) is 4.91 Å². The molecule has 0 saturated carbocycles. The zero-order valence-electron chi connectivity index (χ0n) is 9.46. The van der Waals surface area contributed by atoms with Crippen molar-refractivity contribution in [2.24, 2.45) is 5.18 Å². The summed E-state index contributed by atoms with van der Waals surface area (Å²) < 4.78 is 5.38. The Balaban J connectivity index is 2.43. The van der Waals surface area contributed by atoms with E-state index >= 15 is 0 Å². The van der Waals surface area contributed by atoms with Gasteiger partial charge in [-0.2, -0.15) is 0 Å². The van der Waals surface area contributed by atoms with E-state index in [-0.39, 0.29) is 0 Å². The Bertz CT molecular complexity index is 512. The topological polar surface area (TPSA) is 51.6 Å². The largest absolute Gasteiger partial charge is 0.491 e. The summed E-state index contributed by atoms with van der Waals surface area (Å²) in [6, 6.07) is 9.12. The Morgan fingerprint density at radius 1 is 1.18 bits per heavy atom. The van der Waals surface area contributed by atoms with Gasteiger partial charge in [0.2, 0.25) is 0 Å². The van der Waals surface area contributed by atoms with E-state index in [1.807, 2.05) is 31.2 Å². The molecule has 0 spiro atoms. The van der Waals surface area contributed by atoms with Gasteiger partial charge in [0.05, 0.1) is 6.61 Å². The minimum Gasteiger partial charge on any atom is -0.491 e. The van der Waals surface area contributed by atoms with Crippen LogP contribution in [-0.2, 0) is 0 Å². The van der Waals surface area contributed by atoms with Crippen LogP contribution in [0.15, 0.2) is 47.9 Å². The minimum absolute atomic E-state index is 0.324. The van der Waals surface area contributed by atoms with E-state index in [2.05, 4.69) is 10.2 Å². The number of aromatic nitrogens is 1. The van der Waals surface area contributed by atoms with Crippen molar-refractivity contribution in [2.45, 2.75) is 6.92 Å². The van der Waals surface area contributed by atoms with E-state index in [0.717, 1.165) is 11.1 Å². The molecule has 0 fully saturated rings. The lowest BCUT2D eigenvalue weighted by atomic mass is 10.1. The number of hydrogen-bond acceptors (Lipinski definition) is 4. The highest BCUT2D eigenvalue weighted by Crippen LogP contribution is 2.32. The number of rotatable bonds is 4. The quantitative estimate of drug-likeness (QED) is 0.752. The van der Waals surface area contributed by atoms with Crippen LogP contribution in [0, 0.1) is 4.91 Å². The first kappa shape index (κ1) is 11.3. The maximum Gasteiger partial charge on any atom is 0.149 e. The minimum atomic E-state index is 0.324. The van der Waals surface area contributed by atoms with Gasteiger partial charge in [-0.1, -0.05) is 6.07 Å². The third kappa shape index (κ3) is 2.47. The lowest BCUT2D eigenvalue weighted by Crippen LogP contribution is -1.92. The maximum atomic E-state index is 10.6. The van der Waals surface area contributed by atoms with Crippen molar-refractivity contribution in [1.82, 2.24) is 4.98 Å². The van der Waals surface area contributed by atoms with Crippen molar-refractivity contribution < 1.29 is 4.74 Å². The second kappa shape index (κ2) is 5.21. The normalized spacial score (nSPS) is 9.94. The molecule has 0 aliphatic rings. The van der Waals surface area contributed by atoms with Crippen molar-refractivity contribution in [3.05, 3.63) is 47.6 Å². The number of nitroso groups, excluding NO2 is 1. The summed E-state index contributed by atoms with van der Waals surface area (Å²) >= 11 is 0. The average Bonchev–Trinajstić information content (AvgIpc) is 2.40. The van der Waals surface area contributed by atoms with Gasteiger partial charge < -0.3 is 4.74 Å². The Labute approximate surface area is 99.2 Å². The molecule has 0 amide bonds. The molecule has 2 aromatic rings. The molecule has 4 nitrogen and oxygen atoms in total. The van der Waals surface area contributed by atoms with E-state index < -0.39 is 0 Å². The molecule has 1 aromatic heterocycles. The second-order valence-corrected chi connectivity index (χ2v) is 3.44. The van der Waals surface area contributed by atoms with E-state index in [4.69, 9.17) is 4.74 Å². The monoisotopic (exact) mass is 228 g/mol. The van der Waals surface area contributed by atoms with E-state index in [1.54, 1.807) is 18.5 Å². The SMILES string of the molecule is CCOc1cc(-c2ccncc2)ccc1N=O. The Hall–Kier alpha value is -2.23. The van der Waals surface area contributed by atoms with Crippen LogP contribution in [0.5, 0.6) is 5.75 Å². The molecule has 0 aliphatic heterocycles. The Kier molecular flexibility index (Phi) is 3.45. The van der Waals surface area contributed by atoms with Crippen LogP contribution in [0.2, 0.25) is 0 Å². The standard InChI is InChI=1S/C13H12N2O2/c1-2-17-13-9-11(3-4-12(13)15-16)10-5-7-14-8-6-10/h3-9H,2H2,1H3. The van der Waals surface area contributed by atoms with Crippen molar-refractivity contribution in [3.63, 3.8) is 0 Å². The summed E-state index contributed by atoms with van der Waals surface area (Å²) in [6.45, 7) is 2.37. The molecule has 0 unspecified atom stereocenters. The highest BCUT2D eigenvalue weighted by atomic mass is 16.5. The lowest BCUT2D eigenvalue weighted by Gasteiger charge is -2.07. The Morgan fingerprint density at radius 3 is 2.59 bits per heavy atom. The smallest absolute Gasteiger partial charge is 0.149 e. The molecule has 0 radical (unpaired) electrons. The molecular formula is C13H12N2O2. The molecule has 0 saturated heterocycles. The molecule has 86 valence electrons. The van der Waals surface area contributed by atoms with Gasteiger partial charge >= 0.3 is 0 Å². The van der Waals surface area contributed by atoms with Gasteiger partial charge in [-0.15, -0.1) is 4.91 Å². The van der Waals surface area contributed by atoms with Crippen LogP contribution < -0.4 is 4.74 Å². The summed E-state index contributed by atoms with van der Waals surface area (Å²) in [5.74, 6) is 0.511. The molecule has 0 N–H and O–H groups in total. The molecule has 0 bridgehead atoms. The highest BCUT2D eigenvalue weighted by molar-refractivity contribution is 5.69. The summed E-state index contributed by atoms with van der Waals surface area (Å²) in [5, 5.41) is 2.94. The first-order chi connectivity index (χ1) is 8.35. The first-order valence-corrected chi connectivity index (χ1v) is 5.35. The highest BCUT2D eigenvalue weighted by Gasteiger charge is 2.06. The van der Waals surface area contributed by atoms with Gasteiger partial charge in [-0.25, -0.2) is 0 Å². The fourth-order valence-electron chi connectivity index (χ4n) is 1.58. The third-order valence-electron chi connectivity index (χ3n) is 2.37. The van der Waals surface area contributed by atoms with Crippen molar-refractivity contribution >= 4 is 5.69 Å². The van der Waals surface area contributed by atoms with Crippen LogP contribution in [0.4, 0.5) is 5.69 Å². The third-order valence-corrected chi connectivity index (χ3v) is 2.37. The number of nitrogens with zero attached hydrogens (tertiary/aromatic N) is 2. The second-order valence-electron chi connectivity index (χ2n) is 3.44. The number of pyridine rings is 1. The van der Waals surface area contributed by atoms with Gasteiger partial charge in [-0.3, -0.25) is 4.98 Å². The summed E-state index contributed by atoms with van der Waals surface area (Å²) in [5.41, 5.74) is 2.33. The van der Waals surface area contributed by atoms with Gasteiger partial charge in [0.25, 0.3) is 0 Å². The van der Waals surface area contributed by atoms with Crippen LogP contribution >= 0.6 is 0 Å². The maximum absolute atomic E-state index is 10.6. The molecule has 1 heterocycles. The number of ether oxygens (including phenoxy) is 1. The van der Waals surface area contributed by atoms with Gasteiger partial charge in [0, 0.05) is 12.4 Å². The van der Waals surface area contributed by atoms with Crippen molar-refractivity contribution in [3.8, 4) is 16.9 Å².